The topological polar surface area (TPSA) is 29.9 Å². The van der Waals surface area contributed by atoms with Gasteiger partial charge in [-0.2, -0.15) is 5.10 Å². The number of hydrogen-bond donors (Lipinski definition) is 1. The zero-order valence-electron chi connectivity index (χ0n) is 13.2. The van der Waals surface area contributed by atoms with Crippen LogP contribution in [-0.4, -0.2) is 16.3 Å². The third-order valence-electron chi connectivity index (χ3n) is 3.38. The number of rotatable bonds is 10. The third-order valence-corrected chi connectivity index (χ3v) is 3.38. The number of nitrogens with one attached hydrogen (secondary N) is 1. The first-order valence-corrected chi connectivity index (χ1v) is 7.84. The summed E-state index contributed by atoms with van der Waals surface area (Å²) < 4.78 is 2.02. The lowest BCUT2D eigenvalue weighted by atomic mass is 10.0. The van der Waals surface area contributed by atoms with Gasteiger partial charge in [-0.1, -0.05) is 39.5 Å². The van der Waals surface area contributed by atoms with Gasteiger partial charge in [0.1, 0.15) is 0 Å². The molecule has 19 heavy (non-hydrogen) atoms. The molecule has 0 amide bonds. The van der Waals surface area contributed by atoms with Crippen molar-refractivity contribution in [3.8, 4) is 0 Å². The molecule has 1 aromatic rings. The van der Waals surface area contributed by atoms with Gasteiger partial charge in [0, 0.05) is 18.8 Å². The molecule has 1 aromatic heterocycles. The highest BCUT2D eigenvalue weighted by atomic mass is 15.3. The van der Waals surface area contributed by atoms with Gasteiger partial charge < -0.3 is 5.32 Å². The second-order valence-corrected chi connectivity index (χ2v) is 6.15. The van der Waals surface area contributed by atoms with Crippen LogP contribution in [0.4, 0.5) is 0 Å². The molecule has 1 rings (SSSR count). The second kappa shape index (κ2) is 9.13. The lowest BCUT2D eigenvalue weighted by Crippen LogP contribution is -2.15. The minimum atomic E-state index is 0.453. The quantitative estimate of drug-likeness (QED) is 0.644. The first-order chi connectivity index (χ1) is 9.09. The van der Waals surface area contributed by atoms with Gasteiger partial charge >= 0.3 is 0 Å². The Balaban J connectivity index is 1.98. The van der Waals surface area contributed by atoms with Gasteiger partial charge in [-0.3, -0.25) is 4.68 Å². The van der Waals surface area contributed by atoms with Gasteiger partial charge in [-0.05, 0) is 38.8 Å². The molecule has 0 radical (unpaired) electrons. The van der Waals surface area contributed by atoms with Crippen molar-refractivity contribution in [1.29, 1.82) is 0 Å². The van der Waals surface area contributed by atoms with E-state index in [1.165, 1.54) is 32.1 Å². The van der Waals surface area contributed by atoms with E-state index in [4.69, 9.17) is 0 Å². The fourth-order valence-corrected chi connectivity index (χ4v) is 2.13. The van der Waals surface area contributed by atoms with E-state index in [-0.39, 0.29) is 0 Å². The standard InChI is InChI=1S/C16H31N3/c1-14(2)9-7-5-6-8-11-17-13-16-10-12-19(18-16)15(3)4/h10,12,14-15,17H,5-9,11,13H2,1-4H3. The summed E-state index contributed by atoms with van der Waals surface area (Å²) in [4.78, 5) is 0. The van der Waals surface area contributed by atoms with Gasteiger partial charge in [0.15, 0.2) is 0 Å². The lowest BCUT2D eigenvalue weighted by Gasteiger charge is -2.06. The molecule has 3 nitrogen and oxygen atoms in total. The fraction of sp³-hybridized carbons (Fsp3) is 0.812. The van der Waals surface area contributed by atoms with Crippen LogP contribution in [0.15, 0.2) is 12.3 Å². The number of nitrogens with zero attached hydrogens (tertiary/aromatic N) is 2. The molecule has 0 aliphatic carbocycles. The van der Waals surface area contributed by atoms with Crippen LogP contribution in [-0.2, 0) is 6.54 Å². The average molecular weight is 265 g/mol. The highest BCUT2D eigenvalue weighted by molar-refractivity contribution is 4.98. The molecule has 0 atom stereocenters. The molecule has 1 N–H and O–H groups in total. The Morgan fingerprint density at radius 2 is 1.84 bits per heavy atom. The normalized spacial score (nSPS) is 11.7. The summed E-state index contributed by atoms with van der Waals surface area (Å²) >= 11 is 0. The van der Waals surface area contributed by atoms with Crippen molar-refractivity contribution in [2.45, 2.75) is 72.4 Å². The maximum absolute atomic E-state index is 4.53. The minimum Gasteiger partial charge on any atom is -0.311 e. The van der Waals surface area contributed by atoms with Crippen LogP contribution < -0.4 is 5.32 Å². The van der Waals surface area contributed by atoms with E-state index < -0.39 is 0 Å². The Hall–Kier alpha value is -0.830. The lowest BCUT2D eigenvalue weighted by molar-refractivity contribution is 0.506. The largest absolute Gasteiger partial charge is 0.311 e. The second-order valence-electron chi connectivity index (χ2n) is 6.15. The van der Waals surface area contributed by atoms with Crippen LogP contribution in [0.25, 0.3) is 0 Å². The van der Waals surface area contributed by atoms with Crippen molar-refractivity contribution in [2.75, 3.05) is 6.54 Å². The monoisotopic (exact) mass is 265 g/mol. The van der Waals surface area contributed by atoms with Crippen LogP contribution in [0, 0.1) is 5.92 Å². The van der Waals surface area contributed by atoms with E-state index in [0.29, 0.717) is 6.04 Å². The van der Waals surface area contributed by atoms with E-state index in [9.17, 15) is 0 Å². The average Bonchev–Trinajstić information content (AvgIpc) is 2.81. The molecule has 0 unspecified atom stereocenters. The van der Waals surface area contributed by atoms with Crippen molar-refractivity contribution in [1.82, 2.24) is 15.1 Å². The summed E-state index contributed by atoms with van der Waals surface area (Å²) in [6.45, 7) is 10.9. The van der Waals surface area contributed by atoms with Crippen LogP contribution in [0.5, 0.6) is 0 Å². The van der Waals surface area contributed by atoms with Crippen molar-refractivity contribution < 1.29 is 0 Å². The van der Waals surface area contributed by atoms with Crippen LogP contribution >= 0.6 is 0 Å². The fourth-order valence-electron chi connectivity index (χ4n) is 2.13. The van der Waals surface area contributed by atoms with Gasteiger partial charge in [0.2, 0.25) is 0 Å². The first kappa shape index (κ1) is 16.2. The maximum Gasteiger partial charge on any atom is 0.0762 e. The predicted octanol–water partition coefficient (Wildman–Crippen LogP) is 4.16. The van der Waals surface area contributed by atoms with E-state index in [2.05, 4.69) is 50.4 Å². The Morgan fingerprint density at radius 1 is 1.11 bits per heavy atom. The molecule has 110 valence electrons. The van der Waals surface area contributed by atoms with Crippen LogP contribution in [0.2, 0.25) is 0 Å². The molecule has 0 bridgehead atoms. The van der Waals surface area contributed by atoms with Crippen LogP contribution in [0.1, 0.15) is 71.5 Å². The predicted molar refractivity (Wildman–Crippen MR) is 82.2 cm³/mol. The van der Waals surface area contributed by atoms with Crippen molar-refractivity contribution in [2.24, 2.45) is 5.92 Å². The summed E-state index contributed by atoms with van der Waals surface area (Å²) in [6, 6.07) is 2.56. The molecular weight excluding hydrogens is 234 g/mol. The van der Waals surface area contributed by atoms with E-state index in [0.717, 1.165) is 24.7 Å². The molecule has 0 aromatic carbocycles. The smallest absolute Gasteiger partial charge is 0.0762 e. The molecule has 0 saturated heterocycles. The summed E-state index contributed by atoms with van der Waals surface area (Å²) in [5.41, 5.74) is 1.15. The third kappa shape index (κ3) is 7.36. The van der Waals surface area contributed by atoms with Gasteiger partial charge in [-0.25, -0.2) is 0 Å². The summed E-state index contributed by atoms with van der Waals surface area (Å²) in [5.74, 6) is 0.856. The highest BCUT2D eigenvalue weighted by Gasteiger charge is 2.01. The Labute approximate surface area is 118 Å². The summed E-state index contributed by atoms with van der Waals surface area (Å²) in [7, 11) is 0. The first-order valence-electron chi connectivity index (χ1n) is 7.84. The summed E-state index contributed by atoms with van der Waals surface area (Å²) in [5, 5.41) is 8.01. The van der Waals surface area contributed by atoms with E-state index in [1.54, 1.807) is 0 Å². The Kier molecular flexibility index (Phi) is 7.80. The number of unbranched alkanes of at least 4 members (excludes halogenated alkanes) is 3. The highest BCUT2D eigenvalue weighted by Crippen LogP contribution is 2.09. The van der Waals surface area contributed by atoms with Crippen molar-refractivity contribution in [3.63, 3.8) is 0 Å². The van der Waals surface area contributed by atoms with E-state index in [1.807, 2.05) is 4.68 Å². The molecule has 0 spiro atoms. The maximum atomic E-state index is 4.53. The number of aromatic nitrogens is 2. The van der Waals surface area contributed by atoms with Gasteiger partial charge in [-0.15, -0.1) is 0 Å². The van der Waals surface area contributed by atoms with Crippen molar-refractivity contribution >= 4 is 0 Å². The molecular formula is C16H31N3. The molecule has 0 saturated carbocycles. The Bertz CT molecular complexity index is 328. The Morgan fingerprint density at radius 3 is 2.47 bits per heavy atom. The molecule has 0 fully saturated rings. The summed E-state index contributed by atoms with van der Waals surface area (Å²) in [6.07, 6.45) is 8.83. The number of hydrogen-bond acceptors (Lipinski definition) is 2. The van der Waals surface area contributed by atoms with Gasteiger partial charge in [0.25, 0.3) is 0 Å². The minimum absolute atomic E-state index is 0.453. The molecule has 3 heteroatoms. The zero-order chi connectivity index (χ0) is 14.1. The van der Waals surface area contributed by atoms with Gasteiger partial charge in [0.05, 0.1) is 5.69 Å². The van der Waals surface area contributed by atoms with Crippen molar-refractivity contribution in [3.05, 3.63) is 18.0 Å². The molecule has 0 aliphatic heterocycles. The SMILES string of the molecule is CC(C)CCCCCCNCc1ccn(C(C)C)n1. The van der Waals surface area contributed by atoms with Crippen LogP contribution in [0.3, 0.4) is 0 Å². The molecule has 1 heterocycles. The van der Waals surface area contributed by atoms with E-state index >= 15 is 0 Å². The zero-order valence-corrected chi connectivity index (χ0v) is 13.2. The molecule has 0 aliphatic rings.